The third-order valence-corrected chi connectivity index (χ3v) is 1.12. The molecule has 0 aromatic carbocycles. The van der Waals surface area contributed by atoms with Gasteiger partial charge >= 0.3 is 0 Å². The van der Waals surface area contributed by atoms with Crippen LogP contribution in [0.4, 0.5) is 0 Å². The lowest BCUT2D eigenvalue weighted by Gasteiger charge is -2.12. The first-order valence-electron chi connectivity index (χ1n) is 3.26. The van der Waals surface area contributed by atoms with Crippen LogP contribution in [0, 0.1) is 0 Å². The fourth-order valence-electron chi connectivity index (χ4n) is 0.602. The summed E-state index contributed by atoms with van der Waals surface area (Å²) in [4.78, 5) is 31.2. The largest absolute Gasteiger partial charge is 0.550 e. The highest BCUT2D eigenvalue weighted by atomic mass is 16.4. The van der Waals surface area contributed by atoms with Crippen LogP contribution in [0.5, 0.6) is 0 Å². The number of carbonyl (C=O) groups is 3. The molecule has 0 aliphatic rings. The minimum Gasteiger partial charge on any atom is -0.550 e. The Balaban J connectivity index is 4.59. The van der Waals surface area contributed by atoms with Crippen molar-refractivity contribution in [1.29, 1.82) is 0 Å². The molecule has 0 aromatic rings. The first kappa shape index (κ1) is 11.2. The molecule has 0 rings (SSSR count). The van der Waals surface area contributed by atoms with Gasteiger partial charge in [-0.2, -0.15) is 0 Å². The molecule has 0 atom stereocenters. The monoisotopic (exact) mass is 185 g/mol. The minimum atomic E-state index is -1.64. The van der Waals surface area contributed by atoms with Crippen LogP contribution in [0.15, 0.2) is 11.8 Å². The van der Waals surface area contributed by atoms with Crippen molar-refractivity contribution in [3.63, 3.8) is 0 Å². The topological polar surface area (TPSA) is 101 Å². The maximum Gasteiger partial charge on any atom is 0.213 e. The molecule has 13 heavy (non-hydrogen) atoms. The number of aliphatic carboxylic acids is 2. The molecule has 1 amide bonds. The van der Waals surface area contributed by atoms with E-state index in [9.17, 15) is 24.6 Å². The minimum absolute atomic E-state index is 0.332. The molecule has 6 heteroatoms. The Bertz CT molecular complexity index is 258. The molecule has 0 saturated carbocycles. The number of hydrogen-bond donors (Lipinski definition) is 0. The number of carboxylic acid groups (broad SMARTS) is 2. The predicted octanol–water partition coefficient (Wildman–Crippen LogP) is -3.15. The van der Waals surface area contributed by atoms with Crippen LogP contribution in [-0.2, 0) is 14.4 Å². The molecule has 0 fully saturated rings. The maximum atomic E-state index is 10.3. The van der Waals surface area contributed by atoms with Gasteiger partial charge < -0.3 is 24.7 Å². The second-order valence-electron chi connectivity index (χ2n) is 2.26. The van der Waals surface area contributed by atoms with E-state index in [1.54, 1.807) is 0 Å². The third kappa shape index (κ3) is 4.57. The third-order valence-electron chi connectivity index (χ3n) is 1.12. The Labute approximate surface area is 74.1 Å². The number of hydrogen-bond acceptors (Lipinski definition) is 5. The molecule has 0 aliphatic heterocycles. The van der Waals surface area contributed by atoms with E-state index in [0.29, 0.717) is 6.41 Å². The summed E-state index contributed by atoms with van der Waals surface area (Å²) in [5, 5.41) is 20.3. The predicted molar refractivity (Wildman–Crippen MR) is 36.5 cm³/mol. The van der Waals surface area contributed by atoms with Gasteiger partial charge in [0.05, 0.1) is 5.97 Å². The van der Waals surface area contributed by atoms with E-state index < -0.39 is 23.9 Å². The average molecular weight is 185 g/mol. The summed E-state index contributed by atoms with van der Waals surface area (Å²) in [5.41, 5.74) is -0.519. The van der Waals surface area contributed by atoms with Gasteiger partial charge in [-0.15, -0.1) is 0 Å². The first-order valence-corrected chi connectivity index (χ1v) is 3.26. The van der Waals surface area contributed by atoms with Crippen LogP contribution in [0.2, 0.25) is 0 Å². The lowest BCUT2D eigenvalue weighted by Crippen LogP contribution is -2.31. The summed E-state index contributed by atoms with van der Waals surface area (Å²) in [6, 6.07) is 0. The zero-order chi connectivity index (χ0) is 10.4. The summed E-state index contributed by atoms with van der Waals surface area (Å²) >= 11 is 0. The standard InChI is InChI=1S/C7H9NO5/c1-8(4-9)3-5(7(12)13)2-6(10)11/h3-4H,2H2,1H3,(H,10,11)(H,12,13)/p-2/b5-3+. The number of amides is 1. The van der Waals surface area contributed by atoms with E-state index in [1.165, 1.54) is 7.05 Å². The summed E-state index contributed by atoms with van der Waals surface area (Å²) in [6.07, 6.45) is 0.400. The van der Waals surface area contributed by atoms with Gasteiger partial charge in [-0.05, 0) is 5.57 Å². The Kier molecular flexibility index (Phi) is 4.21. The molecular formula is C7H7NO5-2. The quantitative estimate of drug-likeness (QED) is 0.332. The average Bonchev–Trinajstić information content (AvgIpc) is 2.02. The Morgan fingerprint density at radius 1 is 1.38 bits per heavy atom. The summed E-state index contributed by atoms with van der Waals surface area (Å²) in [6.45, 7) is 0. The van der Waals surface area contributed by atoms with Crippen molar-refractivity contribution in [2.75, 3.05) is 7.05 Å². The Morgan fingerprint density at radius 2 is 1.92 bits per heavy atom. The summed E-state index contributed by atoms with van der Waals surface area (Å²) in [5.74, 6) is -3.19. The normalized spacial score (nSPS) is 10.7. The summed E-state index contributed by atoms with van der Waals surface area (Å²) in [7, 11) is 1.27. The number of nitrogens with zero attached hydrogens (tertiary/aromatic N) is 1. The SMILES string of the molecule is CN(C=O)/C=C(\CC(=O)[O-])C(=O)[O-]. The van der Waals surface area contributed by atoms with Crippen LogP contribution in [0.1, 0.15) is 6.42 Å². The van der Waals surface area contributed by atoms with Crippen molar-refractivity contribution >= 4 is 18.3 Å². The molecule has 0 N–H and O–H groups in total. The Morgan fingerprint density at radius 3 is 2.23 bits per heavy atom. The molecule has 0 aliphatic carbocycles. The van der Waals surface area contributed by atoms with E-state index in [-0.39, 0.29) is 0 Å². The van der Waals surface area contributed by atoms with Crippen LogP contribution in [0.25, 0.3) is 0 Å². The van der Waals surface area contributed by atoms with Gasteiger partial charge in [0.25, 0.3) is 0 Å². The second kappa shape index (κ2) is 4.91. The van der Waals surface area contributed by atoms with Crippen molar-refractivity contribution in [1.82, 2.24) is 4.90 Å². The molecular weight excluding hydrogens is 178 g/mol. The lowest BCUT2D eigenvalue weighted by molar-refractivity contribution is -0.309. The van der Waals surface area contributed by atoms with E-state index in [2.05, 4.69) is 0 Å². The highest BCUT2D eigenvalue weighted by molar-refractivity contribution is 5.90. The van der Waals surface area contributed by atoms with Gasteiger partial charge in [0, 0.05) is 25.6 Å². The van der Waals surface area contributed by atoms with Crippen LogP contribution >= 0.6 is 0 Å². The van der Waals surface area contributed by atoms with Gasteiger partial charge in [0.15, 0.2) is 0 Å². The van der Waals surface area contributed by atoms with Crippen molar-refractivity contribution in [3.8, 4) is 0 Å². The zero-order valence-corrected chi connectivity index (χ0v) is 6.85. The highest BCUT2D eigenvalue weighted by Crippen LogP contribution is 1.99. The van der Waals surface area contributed by atoms with E-state index in [1.807, 2.05) is 0 Å². The maximum absolute atomic E-state index is 10.3. The van der Waals surface area contributed by atoms with Gasteiger partial charge in [-0.3, -0.25) is 4.79 Å². The Hall–Kier alpha value is -1.85. The zero-order valence-electron chi connectivity index (χ0n) is 6.85. The van der Waals surface area contributed by atoms with Crippen molar-refractivity contribution in [2.45, 2.75) is 6.42 Å². The van der Waals surface area contributed by atoms with Crippen LogP contribution < -0.4 is 10.2 Å². The van der Waals surface area contributed by atoms with Crippen LogP contribution in [-0.4, -0.2) is 30.3 Å². The van der Waals surface area contributed by atoms with Crippen LogP contribution in [0.3, 0.4) is 0 Å². The molecule has 0 aromatic heterocycles. The second-order valence-corrected chi connectivity index (χ2v) is 2.26. The molecule has 0 heterocycles. The molecule has 6 nitrogen and oxygen atoms in total. The number of carbonyl (C=O) groups excluding carboxylic acids is 3. The molecule has 0 radical (unpaired) electrons. The van der Waals surface area contributed by atoms with E-state index in [4.69, 9.17) is 0 Å². The first-order chi connectivity index (χ1) is 5.97. The number of rotatable bonds is 5. The van der Waals surface area contributed by atoms with Crippen molar-refractivity contribution in [2.24, 2.45) is 0 Å². The van der Waals surface area contributed by atoms with Gasteiger partial charge in [-0.1, -0.05) is 0 Å². The molecule has 0 unspecified atom stereocenters. The smallest absolute Gasteiger partial charge is 0.213 e. The van der Waals surface area contributed by atoms with Gasteiger partial charge in [-0.25, -0.2) is 0 Å². The lowest BCUT2D eigenvalue weighted by atomic mass is 10.2. The number of carboxylic acids is 2. The fourth-order valence-corrected chi connectivity index (χ4v) is 0.602. The van der Waals surface area contributed by atoms with Crippen molar-refractivity contribution in [3.05, 3.63) is 11.8 Å². The molecule has 0 bridgehead atoms. The summed E-state index contributed by atoms with van der Waals surface area (Å²) < 4.78 is 0. The van der Waals surface area contributed by atoms with Gasteiger partial charge in [0.2, 0.25) is 6.41 Å². The fraction of sp³-hybridized carbons (Fsp3) is 0.286. The highest BCUT2D eigenvalue weighted by Gasteiger charge is 2.00. The molecule has 0 saturated heterocycles. The van der Waals surface area contributed by atoms with E-state index in [0.717, 1.165) is 11.1 Å². The van der Waals surface area contributed by atoms with Crippen molar-refractivity contribution < 1.29 is 24.6 Å². The van der Waals surface area contributed by atoms with Gasteiger partial charge in [0.1, 0.15) is 0 Å². The van der Waals surface area contributed by atoms with E-state index >= 15 is 0 Å². The molecule has 0 spiro atoms. The molecule has 72 valence electrons.